The smallest absolute Gasteiger partial charge is 0.251 e. The fourth-order valence-corrected chi connectivity index (χ4v) is 3.27. The number of nitrogens with zero attached hydrogens (tertiary/aromatic N) is 3. The van der Waals surface area contributed by atoms with Gasteiger partial charge in [0, 0.05) is 37.1 Å². The van der Waals surface area contributed by atoms with E-state index in [4.69, 9.17) is 0 Å². The van der Waals surface area contributed by atoms with Crippen LogP contribution in [0.25, 0.3) is 11.4 Å². The Morgan fingerprint density at radius 2 is 1.96 bits per heavy atom. The van der Waals surface area contributed by atoms with Crippen LogP contribution in [0, 0.1) is 6.92 Å². The summed E-state index contributed by atoms with van der Waals surface area (Å²) in [6.07, 6.45) is 3.65. The minimum atomic E-state index is -0.0773. The molecule has 27 heavy (non-hydrogen) atoms. The number of rotatable bonds is 6. The fourth-order valence-electron chi connectivity index (χ4n) is 3.27. The van der Waals surface area contributed by atoms with E-state index < -0.39 is 0 Å². The first kappa shape index (κ1) is 18.9. The Bertz CT molecular complexity index is 929. The van der Waals surface area contributed by atoms with Crippen molar-refractivity contribution in [2.45, 2.75) is 13.0 Å². The molecule has 0 aliphatic rings. The van der Waals surface area contributed by atoms with E-state index >= 15 is 0 Å². The van der Waals surface area contributed by atoms with Gasteiger partial charge in [0.2, 0.25) is 0 Å². The summed E-state index contributed by atoms with van der Waals surface area (Å²) in [5, 5.41) is 3.09. The molecular formula is C22H26N4O. The minimum Gasteiger partial charge on any atom is -0.350 e. The van der Waals surface area contributed by atoms with Crippen molar-refractivity contribution in [3.63, 3.8) is 0 Å². The molecule has 1 heterocycles. The molecule has 0 saturated heterocycles. The number of aryl methyl sites for hydroxylation is 2. The predicted octanol–water partition coefficient (Wildman–Crippen LogP) is 3.43. The van der Waals surface area contributed by atoms with Crippen LogP contribution in [0.15, 0.2) is 60.9 Å². The van der Waals surface area contributed by atoms with Crippen LogP contribution in [0.1, 0.15) is 27.5 Å². The van der Waals surface area contributed by atoms with Crippen molar-refractivity contribution in [3.05, 3.63) is 77.6 Å². The molecule has 2 aromatic carbocycles. The minimum absolute atomic E-state index is 0.0773. The summed E-state index contributed by atoms with van der Waals surface area (Å²) in [7, 11) is 6.01. The molecule has 5 nitrogen and oxygen atoms in total. The number of amides is 1. The van der Waals surface area contributed by atoms with Crippen LogP contribution < -0.4 is 5.32 Å². The molecule has 0 aliphatic carbocycles. The lowest BCUT2D eigenvalue weighted by molar-refractivity contribution is 0.0942. The van der Waals surface area contributed by atoms with E-state index in [1.807, 2.05) is 68.3 Å². The van der Waals surface area contributed by atoms with Gasteiger partial charge in [0.25, 0.3) is 5.91 Å². The predicted molar refractivity (Wildman–Crippen MR) is 109 cm³/mol. The van der Waals surface area contributed by atoms with Gasteiger partial charge in [0.15, 0.2) is 0 Å². The Morgan fingerprint density at radius 1 is 1.19 bits per heavy atom. The second kappa shape index (κ2) is 8.18. The lowest BCUT2D eigenvalue weighted by atomic mass is 10.0. The van der Waals surface area contributed by atoms with Crippen LogP contribution in [0.5, 0.6) is 0 Å². The van der Waals surface area contributed by atoms with Crippen LogP contribution in [0.3, 0.4) is 0 Å². The zero-order chi connectivity index (χ0) is 19.4. The standard InChI is InChI=1S/C22H26N4O/c1-16-8-5-6-11-19(16)20(25(2)3)15-24-22(27)18-10-7-9-17(14-18)21-23-12-13-26(21)4/h5-14,20H,15H2,1-4H3,(H,24,27)/t20-/m0/s1. The summed E-state index contributed by atoms with van der Waals surface area (Å²) in [5.74, 6) is 0.766. The molecule has 3 aromatic rings. The van der Waals surface area contributed by atoms with Crippen molar-refractivity contribution < 1.29 is 4.79 Å². The molecule has 0 radical (unpaired) electrons. The van der Waals surface area contributed by atoms with Crippen LogP contribution in [-0.2, 0) is 7.05 Å². The second-order valence-electron chi connectivity index (χ2n) is 6.99. The van der Waals surface area contributed by atoms with Crippen LogP contribution in [-0.4, -0.2) is 41.0 Å². The maximum Gasteiger partial charge on any atom is 0.251 e. The van der Waals surface area contributed by atoms with E-state index in [0.29, 0.717) is 12.1 Å². The van der Waals surface area contributed by atoms with Crippen molar-refractivity contribution in [2.24, 2.45) is 7.05 Å². The molecular weight excluding hydrogens is 336 g/mol. The van der Waals surface area contributed by atoms with Crippen molar-refractivity contribution >= 4 is 5.91 Å². The largest absolute Gasteiger partial charge is 0.350 e. The van der Waals surface area contributed by atoms with Crippen LogP contribution in [0.4, 0.5) is 0 Å². The van der Waals surface area contributed by atoms with Gasteiger partial charge in [0.1, 0.15) is 5.82 Å². The van der Waals surface area contributed by atoms with E-state index in [-0.39, 0.29) is 11.9 Å². The summed E-state index contributed by atoms with van der Waals surface area (Å²) in [4.78, 5) is 19.2. The van der Waals surface area contributed by atoms with Gasteiger partial charge in [-0.2, -0.15) is 0 Å². The number of benzene rings is 2. The number of hydrogen-bond acceptors (Lipinski definition) is 3. The van der Waals surface area contributed by atoms with Gasteiger partial charge in [-0.25, -0.2) is 4.98 Å². The Morgan fingerprint density at radius 3 is 2.63 bits per heavy atom. The summed E-state index contributed by atoms with van der Waals surface area (Å²) in [5.41, 5.74) is 4.02. The zero-order valence-corrected chi connectivity index (χ0v) is 16.3. The number of likely N-dealkylation sites (N-methyl/N-ethyl adjacent to an activating group) is 1. The molecule has 1 aromatic heterocycles. The number of carbonyl (C=O) groups excluding carboxylic acids is 1. The van der Waals surface area contributed by atoms with E-state index in [9.17, 15) is 4.79 Å². The highest BCUT2D eigenvalue weighted by Crippen LogP contribution is 2.22. The van der Waals surface area contributed by atoms with E-state index in [2.05, 4.69) is 34.3 Å². The first-order valence-electron chi connectivity index (χ1n) is 9.05. The molecule has 0 unspecified atom stereocenters. The van der Waals surface area contributed by atoms with Crippen LogP contribution >= 0.6 is 0 Å². The molecule has 140 valence electrons. The maximum absolute atomic E-state index is 12.7. The molecule has 0 saturated carbocycles. The number of carbonyl (C=O) groups is 1. The van der Waals surface area contributed by atoms with Crippen molar-refractivity contribution in [1.29, 1.82) is 0 Å². The number of imidazole rings is 1. The highest BCUT2D eigenvalue weighted by Gasteiger charge is 2.18. The summed E-state index contributed by atoms with van der Waals surface area (Å²) < 4.78 is 1.94. The monoisotopic (exact) mass is 362 g/mol. The third-order valence-corrected chi connectivity index (χ3v) is 4.83. The average molecular weight is 362 g/mol. The Hall–Kier alpha value is -2.92. The second-order valence-corrected chi connectivity index (χ2v) is 6.99. The summed E-state index contributed by atoms with van der Waals surface area (Å²) in [6.45, 7) is 2.65. The third-order valence-electron chi connectivity index (χ3n) is 4.83. The quantitative estimate of drug-likeness (QED) is 0.731. The molecule has 1 N–H and O–H groups in total. The van der Waals surface area contributed by atoms with Crippen molar-refractivity contribution in [3.8, 4) is 11.4 Å². The first-order valence-corrected chi connectivity index (χ1v) is 9.05. The third kappa shape index (κ3) is 4.26. The van der Waals surface area contributed by atoms with Crippen molar-refractivity contribution in [2.75, 3.05) is 20.6 Å². The first-order chi connectivity index (χ1) is 13.0. The normalized spacial score (nSPS) is 12.2. The fraction of sp³-hybridized carbons (Fsp3) is 0.273. The Labute approximate surface area is 160 Å². The van der Waals surface area contributed by atoms with Gasteiger partial charge < -0.3 is 14.8 Å². The van der Waals surface area contributed by atoms with E-state index in [0.717, 1.165) is 11.4 Å². The summed E-state index contributed by atoms with van der Waals surface area (Å²) in [6, 6.07) is 16.0. The average Bonchev–Trinajstić information content (AvgIpc) is 3.09. The SMILES string of the molecule is Cc1ccccc1[C@H](CNC(=O)c1cccc(-c2nccn2C)c1)N(C)C. The number of aromatic nitrogens is 2. The molecule has 0 bridgehead atoms. The Balaban J connectivity index is 1.75. The highest BCUT2D eigenvalue weighted by molar-refractivity contribution is 5.95. The van der Waals surface area contributed by atoms with Crippen molar-refractivity contribution in [1.82, 2.24) is 19.8 Å². The van der Waals surface area contributed by atoms with Gasteiger partial charge in [-0.3, -0.25) is 4.79 Å². The number of hydrogen-bond donors (Lipinski definition) is 1. The van der Waals surface area contributed by atoms with Crippen LogP contribution in [0.2, 0.25) is 0 Å². The van der Waals surface area contributed by atoms with Gasteiger partial charge in [0.05, 0.1) is 6.04 Å². The maximum atomic E-state index is 12.7. The molecule has 3 rings (SSSR count). The van der Waals surface area contributed by atoms with E-state index in [1.165, 1.54) is 11.1 Å². The topological polar surface area (TPSA) is 50.2 Å². The lowest BCUT2D eigenvalue weighted by Crippen LogP contribution is -2.34. The lowest BCUT2D eigenvalue weighted by Gasteiger charge is -2.26. The number of nitrogens with one attached hydrogen (secondary N) is 1. The molecule has 0 fully saturated rings. The summed E-state index contributed by atoms with van der Waals surface area (Å²) >= 11 is 0. The van der Waals surface area contributed by atoms with E-state index in [1.54, 1.807) is 6.20 Å². The van der Waals surface area contributed by atoms with Gasteiger partial charge in [-0.1, -0.05) is 36.4 Å². The van der Waals surface area contributed by atoms with Gasteiger partial charge in [-0.15, -0.1) is 0 Å². The molecule has 1 amide bonds. The molecule has 1 atom stereocenters. The molecule has 0 aliphatic heterocycles. The van der Waals surface area contributed by atoms with Gasteiger partial charge >= 0.3 is 0 Å². The molecule has 5 heteroatoms. The highest BCUT2D eigenvalue weighted by atomic mass is 16.1. The van der Waals surface area contributed by atoms with Gasteiger partial charge in [-0.05, 0) is 44.3 Å². The zero-order valence-electron chi connectivity index (χ0n) is 16.3. The molecule has 0 spiro atoms. The Kier molecular flexibility index (Phi) is 5.72.